The number of nitrogens with zero attached hydrogens (tertiary/aromatic N) is 4. The summed E-state index contributed by atoms with van der Waals surface area (Å²) in [5.41, 5.74) is 4.00. The van der Waals surface area contributed by atoms with Crippen LogP contribution in [0.25, 0.3) is 11.3 Å². The number of carbonyl (C=O) groups is 1. The van der Waals surface area contributed by atoms with Crippen LogP contribution in [-0.4, -0.2) is 51.4 Å². The molecule has 0 N–H and O–H groups in total. The summed E-state index contributed by atoms with van der Waals surface area (Å²) in [6.45, 7) is 4.22. The second-order valence-electron chi connectivity index (χ2n) is 8.71. The Hall–Kier alpha value is -2.92. The van der Waals surface area contributed by atoms with E-state index >= 15 is 0 Å². The quantitative estimate of drug-likeness (QED) is 0.612. The molecule has 1 aliphatic carbocycles. The molecule has 2 aliphatic rings. The van der Waals surface area contributed by atoms with Crippen LogP contribution in [0.3, 0.4) is 0 Å². The van der Waals surface area contributed by atoms with Crippen molar-refractivity contribution < 1.29 is 4.79 Å². The Morgan fingerprint density at radius 3 is 2.19 bits per heavy atom. The van der Waals surface area contributed by atoms with Crippen LogP contribution in [0.4, 0.5) is 0 Å². The van der Waals surface area contributed by atoms with E-state index in [1.165, 1.54) is 31.2 Å². The Kier molecular flexibility index (Phi) is 5.85. The van der Waals surface area contributed by atoms with E-state index in [9.17, 15) is 4.79 Å². The topological polar surface area (TPSA) is 41.4 Å². The second kappa shape index (κ2) is 9.06. The standard InChI is InChI=1S/C26H30N4O/c31-26(29-17-15-28(16-18-29)19-21-9-3-1-4-10-21)24-25(22-11-5-2-6-12-22)30(20-27-24)23-13-7-8-14-23/h1-6,9-12,20,23H,7-8,13-19H2. The van der Waals surface area contributed by atoms with Gasteiger partial charge in [-0.05, 0) is 18.4 Å². The van der Waals surface area contributed by atoms with Gasteiger partial charge in [0.25, 0.3) is 5.91 Å². The third kappa shape index (κ3) is 4.28. The normalized spacial score (nSPS) is 17.9. The molecule has 160 valence electrons. The highest BCUT2D eigenvalue weighted by Gasteiger charge is 2.29. The lowest BCUT2D eigenvalue weighted by atomic mass is 10.1. The first-order chi connectivity index (χ1) is 15.3. The van der Waals surface area contributed by atoms with Gasteiger partial charge in [0.2, 0.25) is 0 Å². The van der Waals surface area contributed by atoms with Crippen molar-refractivity contribution in [2.45, 2.75) is 38.3 Å². The van der Waals surface area contributed by atoms with E-state index < -0.39 is 0 Å². The monoisotopic (exact) mass is 414 g/mol. The largest absolute Gasteiger partial charge is 0.335 e. The van der Waals surface area contributed by atoms with Crippen molar-refractivity contribution in [1.82, 2.24) is 19.4 Å². The molecule has 2 aromatic carbocycles. The van der Waals surface area contributed by atoms with Crippen molar-refractivity contribution in [3.63, 3.8) is 0 Å². The third-order valence-corrected chi connectivity index (χ3v) is 6.67. The number of aromatic nitrogens is 2. The number of amides is 1. The van der Waals surface area contributed by atoms with Gasteiger partial charge in [0, 0.05) is 44.3 Å². The summed E-state index contributed by atoms with van der Waals surface area (Å²) >= 11 is 0. The van der Waals surface area contributed by atoms with Gasteiger partial charge in [0.1, 0.15) is 0 Å². The first-order valence-electron chi connectivity index (χ1n) is 11.5. The zero-order valence-electron chi connectivity index (χ0n) is 18.0. The predicted molar refractivity (Wildman–Crippen MR) is 123 cm³/mol. The van der Waals surface area contributed by atoms with Crippen LogP contribution in [0.15, 0.2) is 67.0 Å². The summed E-state index contributed by atoms with van der Waals surface area (Å²) in [7, 11) is 0. The van der Waals surface area contributed by atoms with Gasteiger partial charge < -0.3 is 9.47 Å². The number of benzene rings is 2. The van der Waals surface area contributed by atoms with Crippen molar-refractivity contribution in [2.24, 2.45) is 0 Å². The highest BCUT2D eigenvalue weighted by atomic mass is 16.2. The Morgan fingerprint density at radius 1 is 0.871 bits per heavy atom. The molecule has 0 radical (unpaired) electrons. The van der Waals surface area contributed by atoms with E-state index in [2.05, 4.69) is 56.9 Å². The number of rotatable bonds is 5. The van der Waals surface area contributed by atoms with Gasteiger partial charge in [-0.2, -0.15) is 0 Å². The minimum absolute atomic E-state index is 0.0648. The molecular formula is C26H30N4O. The SMILES string of the molecule is O=C(c1ncn(C2CCCC2)c1-c1ccccc1)N1CCN(Cc2ccccc2)CC1. The second-order valence-corrected chi connectivity index (χ2v) is 8.71. The molecule has 1 amide bonds. The molecule has 1 saturated carbocycles. The molecule has 1 aromatic heterocycles. The van der Waals surface area contributed by atoms with Crippen LogP contribution in [0.1, 0.15) is 47.8 Å². The van der Waals surface area contributed by atoms with Gasteiger partial charge in [-0.1, -0.05) is 73.5 Å². The molecule has 2 fully saturated rings. The molecule has 1 aliphatic heterocycles. The van der Waals surface area contributed by atoms with E-state index in [-0.39, 0.29) is 5.91 Å². The van der Waals surface area contributed by atoms with Gasteiger partial charge in [0.05, 0.1) is 12.0 Å². The van der Waals surface area contributed by atoms with E-state index in [4.69, 9.17) is 0 Å². The molecule has 0 unspecified atom stereocenters. The summed E-state index contributed by atoms with van der Waals surface area (Å²) in [5.74, 6) is 0.0648. The zero-order chi connectivity index (χ0) is 21.0. The fourth-order valence-electron chi connectivity index (χ4n) is 4.96. The summed E-state index contributed by atoms with van der Waals surface area (Å²) in [4.78, 5) is 22.6. The minimum Gasteiger partial charge on any atom is -0.335 e. The Labute approximate surface area is 184 Å². The molecule has 5 rings (SSSR count). The van der Waals surface area contributed by atoms with E-state index in [0.29, 0.717) is 11.7 Å². The maximum Gasteiger partial charge on any atom is 0.274 e. The lowest BCUT2D eigenvalue weighted by Crippen LogP contribution is -2.48. The molecule has 0 spiro atoms. The predicted octanol–water partition coefficient (Wildman–Crippen LogP) is 4.62. The third-order valence-electron chi connectivity index (χ3n) is 6.67. The fourth-order valence-corrected chi connectivity index (χ4v) is 4.96. The highest BCUT2D eigenvalue weighted by Crippen LogP contribution is 2.35. The Morgan fingerprint density at radius 2 is 1.52 bits per heavy atom. The van der Waals surface area contributed by atoms with Crippen LogP contribution in [0.5, 0.6) is 0 Å². The van der Waals surface area contributed by atoms with Crippen LogP contribution in [-0.2, 0) is 6.54 Å². The lowest BCUT2D eigenvalue weighted by molar-refractivity contribution is 0.0624. The molecule has 0 bridgehead atoms. The van der Waals surface area contributed by atoms with Crippen LogP contribution < -0.4 is 0 Å². The fraction of sp³-hybridized carbons (Fsp3) is 0.385. The van der Waals surface area contributed by atoms with E-state index in [1.54, 1.807) is 0 Å². The van der Waals surface area contributed by atoms with Gasteiger partial charge in [0.15, 0.2) is 5.69 Å². The molecule has 1 saturated heterocycles. The van der Waals surface area contributed by atoms with Crippen LogP contribution in [0, 0.1) is 0 Å². The first-order valence-corrected chi connectivity index (χ1v) is 11.5. The van der Waals surface area contributed by atoms with Crippen LogP contribution >= 0.6 is 0 Å². The summed E-state index contributed by atoms with van der Waals surface area (Å²) in [6.07, 6.45) is 6.74. The van der Waals surface area contributed by atoms with Gasteiger partial charge in [-0.25, -0.2) is 4.98 Å². The number of hydrogen-bond acceptors (Lipinski definition) is 3. The molecule has 5 nitrogen and oxygen atoms in total. The summed E-state index contributed by atoms with van der Waals surface area (Å²) < 4.78 is 2.27. The van der Waals surface area contributed by atoms with Crippen LogP contribution in [0.2, 0.25) is 0 Å². The number of imidazole rings is 1. The van der Waals surface area contributed by atoms with Crippen molar-refractivity contribution in [3.05, 3.63) is 78.2 Å². The summed E-state index contributed by atoms with van der Waals surface area (Å²) in [6, 6.07) is 21.3. The maximum atomic E-state index is 13.5. The lowest BCUT2D eigenvalue weighted by Gasteiger charge is -2.34. The molecule has 5 heteroatoms. The van der Waals surface area contributed by atoms with Crippen molar-refractivity contribution in [2.75, 3.05) is 26.2 Å². The van der Waals surface area contributed by atoms with Gasteiger partial charge in [-0.15, -0.1) is 0 Å². The molecular weight excluding hydrogens is 384 g/mol. The average molecular weight is 415 g/mol. The molecule has 3 aromatic rings. The minimum atomic E-state index is 0.0648. The molecule has 0 atom stereocenters. The first kappa shape index (κ1) is 20.0. The molecule has 2 heterocycles. The number of carbonyl (C=O) groups excluding carboxylic acids is 1. The zero-order valence-corrected chi connectivity index (χ0v) is 18.0. The highest BCUT2D eigenvalue weighted by molar-refractivity contribution is 5.98. The number of hydrogen-bond donors (Lipinski definition) is 0. The van der Waals surface area contributed by atoms with Gasteiger partial charge in [-0.3, -0.25) is 9.69 Å². The van der Waals surface area contributed by atoms with Crippen molar-refractivity contribution in [3.8, 4) is 11.3 Å². The van der Waals surface area contributed by atoms with E-state index in [1.807, 2.05) is 29.4 Å². The molecule has 31 heavy (non-hydrogen) atoms. The van der Waals surface area contributed by atoms with Crippen molar-refractivity contribution in [1.29, 1.82) is 0 Å². The number of piperazine rings is 1. The van der Waals surface area contributed by atoms with E-state index in [0.717, 1.165) is 44.0 Å². The average Bonchev–Trinajstić information content (AvgIpc) is 3.50. The smallest absolute Gasteiger partial charge is 0.274 e. The maximum absolute atomic E-state index is 13.5. The van der Waals surface area contributed by atoms with Gasteiger partial charge >= 0.3 is 0 Å². The Bertz CT molecular complexity index is 1000. The van der Waals surface area contributed by atoms with Crippen molar-refractivity contribution >= 4 is 5.91 Å². The summed E-state index contributed by atoms with van der Waals surface area (Å²) in [5, 5.41) is 0. The Balaban J connectivity index is 1.34.